The fourth-order valence-electron chi connectivity index (χ4n) is 2.35. The van der Waals surface area contributed by atoms with E-state index >= 15 is 0 Å². The lowest BCUT2D eigenvalue weighted by atomic mass is 10.1. The highest BCUT2D eigenvalue weighted by Gasteiger charge is 2.16. The maximum atomic E-state index is 13.7. The Kier molecular flexibility index (Phi) is 4.42. The lowest BCUT2D eigenvalue weighted by Crippen LogP contribution is -2.23. The van der Waals surface area contributed by atoms with E-state index in [1.165, 1.54) is 6.07 Å². The molecule has 2 rings (SSSR count). The molecule has 1 fully saturated rings. The third kappa shape index (κ3) is 3.35. The molecule has 4 heteroatoms. The van der Waals surface area contributed by atoms with Crippen molar-refractivity contribution in [3.05, 3.63) is 24.0 Å². The van der Waals surface area contributed by atoms with Crippen LogP contribution < -0.4 is 10.1 Å². The maximum absolute atomic E-state index is 13.7. The van der Waals surface area contributed by atoms with Crippen LogP contribution in [0.2, 0.25) is 0 Å². The molecule has 18 heavy (non-hydrogen) atoms. The summed E-state index contributed by atoms with van der Waals surface area (Å²) >= 11 is 0. The minimum absolute atomic E-state index is 0.214. The maximum Gasteiger partial charge on any atom is 0.146 e. The van der Waals surface area contributed by atoms with Gasteiger partial charge in [0, 0.05) is 12.1 Å². The Balaban J connectivity index is 2.03. The number of hydrogen-bond acceptors (Lipinski definition) is 3. The van der Waals surface area contributed by atoms with Crippen LogP contribution in [0.4, 0.5) is 10.1 Å². The third-order valence-corrected chi connectivity index (χ3v) is 3.48. The van der Waals surface area contributed by atoms with E-state index in [1.807, 2.05) is 0 Å². The standard InChI is InChI=1S/C14H21FN2O/c1-17-8-3-4-11(7-9-17)16-14-10-12(18-2)5-6-13(14)15/h5-6,10-11,16H,3-4,7-9H2,1-2H3. The Morgan fingerprint density at radius 2 is 2.17 bits per heavy atom. The predicted molar refractivity (Wildman–Crippen MR) is 71.7 cm³/mol. The highest BCUT2D eigenvalue weighted by atomic mass is 19.1. The second kappa shape index (κ2) is 6.05. The van der Waals surface area contributed by atoms with Crippen LogP contribution in [0.25, 0.3) is 0 Å². The second-order valence-electron chi connectivity index (χ2n) is 4.92. The van der Waals surface area contributed by atoms with Gasteiger partial charge in [0.25, 0.3) is 0 Å². The van der Waals surface area contributed by atoms with E-state index in [2.05, 4.69) is 17.3 Å². The molecule has 1 atom stereocenters. The van der Waals surface area contributed by atoms with Gasteiger partial charge in [0.15, 0.2) is 0 Å². The number of anilines is 1. The molecular weight excluding hydrogens is 231 g/mol. The van der Waals surface area contributed by atoms with E-state index in [4.69, 9.17) is 4.74 Å². The summed E-state index contributed by atoms with van der Waals surface area (Å²) in [4.78, 5) is 2.32. The average Bonchev–Trinajstić information content (AvgIpc) is 2.57. The number of halogens is 1. The van der Waals surface area contributed by atoms with Crippen LogP contribution in [0.3, 0.4) is 0 Å². The first-order valence-corrected chi connectivity index (χ1v) is 6.47. The van der Waals surface area contributed by atoms with Crippen LogP contribution >= 0.6 is 0 Å². The van der Waals surface area contributed by atoms with Gasteiger partial charge in [0.05, 0.1) is 12.8 Å². The molecule has 1 heterocycles. The molecule has 0 amide bonds. The number of rotatable bonds is 3. The van der Waals surface area contributed by atoms with Gasteiger partial charge in [-0.25, -0.2) is 4.39 Å². The molecule has 1 aliphatic rings. The Bertz CT molecular complexity index is 397. The molecule has 0 saturated carbocycles. The van der Waals surface area contributed by atoms with Crippen molar-refractivity contribution in [2.24, 2.45) is 0 Å². The Hall–Kier alpha value is -1.29. The fraction of sp³-hybridized carbons (Fsp3) is 0.571. The number of ether oxygens (including phenoxy) is 1. The Morgan fingerprint density at radius 1 is 1.33 bits per heavy atom. The first-order chi connectivity index (χ1) is 8.69. The molecule has 0 aromatic heterocycles. The number of hydrogen-bond donors (Lipinski definition) is 1. The number of nitrogens with zero attached hydrogens (tertiary/aromatic N) is 1. The van der Waals surface area contributed by atoms with Crippen molar-refractivity contribution in [1.29, 1.82) is 0 Å². The van der Waals surface area contributed by atoms with Gasteiger partial charge in [0.1, 0.15) is 11.6 Å². The number of benzene rings is 1. The van der Waals surface area contributed by atoms with Gasteiger partial charge in [-0.05, 0) is 51.5 Å². The first-order valence-electron chi connectivity index (χ1n) is 6.47. The fourth-order valence-corrected chi connectivity index (χ4v) is 2.35. The summed E-state index contributed by atoms with van der Waals surface area (Å²) in [5.74, 6) is 0.470. The minimum Gasteiger partial charge on any atom is -0.497 e. The molecule has 0 aliphatic carbocycles. The molecule has 1 unspecified atom stereocenters. The largest absolute Gasteiger partial charge is 0.497 e. The summed E-state index contributed by atoms with van der Waals surface area (Å²) in [6.45, 7) is 2.18. The summed E-state index contributed by atoms with van der Waals surface area (Å²) in [6, 6.07) is 5.16. The molecule has 1 saturated heterocycles. The quantitative estimate of drug-likeness (QED) is 0.895. The monoisotopic (exact) mass is 252 g/mol. The Morgan fingerprint density at radius 3 is 2.94 bits per heavy atom. The average molecular weight is 252 g/mol. The SMILES string of the molecule is COc1ccc(F)c(NC2CCCN(C)CC2)c1. The van der Waals surface area contributed by atoms with E-state index in [-0.39, 0.29) is 5.82 Å². The van der Waals surface area contributed by atoms with E-state index in [1.54, 1.807) is 19.2 Å². The number of nitrogens with one attached hydrogen (secondary N) is 1. The van der Waals surface area contributed by atoms with Crippen LogP contribution in [0.15, 0.2) is 18.2 Å². The van der Waals surface area contributed by atoms with Crippen molar-refractivity contribution in [2.75, 3.05) is 32.6 Å². The molecule has 1 aliphatic heterocycles. The smallest absolute Gasteiger partial charge is 0.146 e. The molecule has 0 bridgehead atoms. The van der Waals surface area contributed by atoms with Gasteiger partial charge < -0.3 is 15.0 Å². The van der Waals surface area contributed by atoms with Gasteiger partial charge in [-0.1, -0.05) is 0 Å². The number of likely N-dealkylation sites (tertiary alicyclic amines) is 1. The van der Waals surface area contributed by atoms with Crippen molar-refractivity contribution in [3.63, 3.8) is 0 Å². The van der Waals surface area contributed by atoms with Gasteiger partial charge in [-0.2, -0.15) is 0 Å². The zero-order valence-electron chi connectivity index (χ0n) is 11.1. The van der Waals surface area contributed by atoms with Crippen LogP contribution in [-0.2, 0) is 0 Å². The highest BCUT2D eigenvalue weighted by molar-refractivity contribution is 5.50. The summed E-state index contributed by atoms with van der Waals surface area (Å²) in [6.07, 6.45) is 3.29. The lowest BCUT2D eigenvalue weighted by molar-refractivity contribution is 0.348. The summed E-state index contributed by atoms with van der Waals surface area (Å²) in [5, 5.41) is 3.30. The molecule has 0 spiro atoms. The van der Waals surface area contributed by atoms with E-state index in [9.17, 15) is 4.39 Å². The normalized spacial score (nSPS) is 21.4. The van der Waals surface area contributed by atoms with Crippen LogP contribution in [0.5, 0.6) is 5.75 Å². The van der Waals surface area contributed by atoms with Crippen LogP contribution in [-0.4, -0.2) is 38.2 Å². The van der Waals surface area contributed by atoms with Gasteiger partial charge in [-0.3, -0.25) is 0 Å². The summed E-state index contributed by atoms with van der Waals surface area (Å²) < 4.78 is 18.8. The van der Waals surface area contributed by atoms with Gasteiger partial charge in [-0.15, -0.1) is 0 Å². The molecule has 3 nitrogen and oxygen atoms in total. The summed E-state index contributed by atoms with van der Waals surface area (Å²) in [5.41, 5.74) is 0.545. The van der Waals surface area contributed by atoms with E-state index in [0.29, 0.717) is 17.5 Å². The molecule has 1 aromatic rings. The van der Waals surface area contributed by atoms with Crippen molar-refractivity contribution < 1.29 is 9.13 Å². The lowest BCUT2D eigenvalue weighted by Gasteiger charge is -2.19. The topological polar surface area (TPSA) is 24.5 Å². The second-order valence-corrected chi connectivity index (χ2v) is 4.92. The molecule has 1 N–H and O–H groups in total. The molecule has 100 valence electrons. The van der Waals surface area contributed by atoms with E-state index in [0.717, 1.165) is 32.4 Å². The molecule has 0 radical (unpaired) electrons. The number of methoxy groups -OCH3 is 1. The van der Waals surface area contributed by atoms with Gasteiger partial charge >= 0.3 is 0 Å². The van der Waals surface area contributed by atoms with Crippen molar-refractivity contribution in [1.82, 2.24) is 4.90 Å². The minimum atomic E-state index is -0.214. The van der Waals surface area contributed by atoms with Gasteiger partial charge in [0.2, 0.25) is 0 Å². The molecule has 1 aromatic carbocycles. The third-order valence-electron chi connectivity index (χ3n) is 3.48. The van der Waals surface area contributed by atoms with E-state index < -0.39 is 0 Å². The van der Waals surface area contributed by atoms with Crippen molar-refractivity contribution >= 4 is 5.69 Å². The zero-order valence-corrected chi connectivity index (χ0v) is 11.1. The first kappa shape index (κ1) is 13.1. The van der Waals surface area contributed by atoms with Crippen molar-refractivity contribution in [2.45, 2.75) is 25.3 Å². The summed E-state index contributed by atoms with van der Waals surface area (Å²) in [7, 11) is 3.73. The molecular formula is C14H21FN2O. The van der Waals surface area contributed by atoms with Crippen LogP contribution in [0, 0.1) is 5.82 Å². The van der Waals surface area contributed by atoms with Crippen LogP contribution in [0.1, 0.15) is 19.3 Å². The predicted octanol–water partition coefficient (Wildman–Crippen LogP) is 2.73. The van der Waals surface area contributed by atoms with Crippen molar-refractivity contribution in [3.8, 4) is 5.75 Å². The Labute approximate surface area is 108 Å². The highest BCUT2D eigenvalue weighted by Crippen LogP contribution is 2.23. The zero-order chi connectivity index (χ0) is 13.0.